The Balaban J connectivity index is 0.000000757. The standard InChI is InChI=1S/C12H15NO3.C11H17NO2.C3H5ClO2.ClH/c1-8-3-9(2)5-10(4-8)15-7-11-6-13-12(14)16-11;1-8-3-9(2)5-11(4-8)14-7-10(13)6-12;1-2-6-3(4)5;/h3-5,11H,6-7H2,1-2H3,(H,13,14);3-5,10,13H,6-7,12H2,1-2H3;2H2,1H3;1H/i6D2,7D2,11D;6D2,7D2,10D;;. The minimum absolute atomic E-state index is 0. The van der Waals surface area contributed by atoms with Gasteiger partial charge in [-0.3, -0.25) is 0 Å². The van der Waals surface area contributed by atoms with Crippen molar-refractivity contribution in [3.05, 3.63) is 58.7 Å². The lowest BCUT2D eigenvalue weighted by Crippen LogP contribution is -2.26. The van der Waals surface area contributed by atoms with Gasteiger partial charge in [-0.2, -0.15) is 0 Å². The molecule has 1 aliphatic heterocycles. The fourth-order valence-corrected chi connectivity index (χ4v) is 2.75. The lowest BCUT2D eigenvalue weighted by Gasteiger charge is -2.11. The summed E-state index contributed by atoms with van der Waals surface area (Å²) in [4.78, 5) is 20.8. The van der Waals surface area contributed by atoms with E-state index in [1.165, 1.54) is 12.1 Å². The van der Waals surface area contributed by atoms with Crippen LogP contribution in [-0.2, 0) is 9.47 Å². The van der Waals surface area contributed by atoms with Gasteiger partial charge in [0.15, 0.2) is 6.08 Å². The Kier molecular flexibility index (Phi) is 10.1. The third-order valence-electron chi connectivity index (χ3n) is 3.78. The van der Waals surface area contributed by atoms with Crippen molar-refractivity contribution in [1.82, 2.24) is 5.32 Å². The summed E-state index contributed by atoms with van der Waals surface area (Å²) in [5.74, 6) is 0.222. The van der Waals surface area contributed by atoms with E-state index in [0.29, 0.717) is 6.61 Å². The number of carbonyl (C=O) groups excluding carboxylic acids is 2. The highest BCUT2D eigenvalue weighted by Gasteiger charge is 2.22. The Morgan fingerprint density at radius 3 is 2.03 bits per heavy atom. The molecule has 208 valence electrons. The van der Waals surface area contributed by atoms with E-state index in [-0.39, 0.29) is 23.9 Å². The zero-order valence-electron chi connectivity index (χ0n) is 30.9. The highest BCUT2D eigenvalue weighted by atomic mass is 35.5. The number of hydrogen-bond donors (Lipinski definition) is 3. The molecule has 1 fully saturated rings. The van der Waals surface area contributed by atoms with E-state index in [0.717, 1.165) is 22.3 Å². The molecule has 1 aliphatic rings. The normalized spacial score (nSPS) is 23.6. The summed E-state index contributed by atoms with van der Waals surface area (Å²) in [6, 6.07) is 9.84. The topological polar surface area (TPSA) is 129 Å². The fourth-order valence-electron chi connectivity index (χ4n) is 2.64. The van der Waals surface area contributed by atoms with Crippen LogP contribution in [0.2, 0.25) is 0 Å². The average Bonchev–Trinajstić information content (AvgIpc) is 3.04. The summed E-state index contributed by atoms with van der Waals surface area (Å²) in [6.45, 7) is -2.41. The van der Waals surface area contributed by atoms with Gasteiger partial charge in [0.25, 0.3) is 0 Å². The van der Waals surface area contributed by atoms with Gasteiger partial charge in [0.2, 0.25) is 0 Å². The molecule has 11 heteroatoms. The molecule has 0 aromatic heterocycles. The minimum Gasteiger partial charge on any atom is -0.491 e. The number of nitrogens with one attached hydrogen (secondary N) is 1. The van der Waals surface area contributed by atoms with E-state index in [4.69, 9.17) is 40.5 Å². The molecule has 2 aromatic carbocycles. The molecule has 4 N–H and O–H groups in total. The van der Waals surface area contributed by atoms with Crippen LogP contribution in [0.4, 0.5) is 9.59 Å². The van der Waals surface area contributed by atoms with Gasteiger partial charge in [0.05, 0.1) is 24.1 Å². The second kappa shape index (κ2) is 18.5. The number of carbonyl (C=O) groups is 2. The number of cyclic esters (lactones) is 1. The summed E-state index contributed by atoms with van der Waals surface area (Å²) in [5.41, 5.74) is 7.53. The predicted molar refractivity (Wildman–Crippen MR) is 146 cm³/mol. The van der Waals surface area contributed by atoms with Gasteiger partial charge < -0.3 is 35.1 Å². The summed E-state index contributed by atoms with van der Waals surface area (Å²) >= 11 is 4.72. The Hall–Kier alpha value is -2.72. The highest BCUT2D eigenvalue weighted by Crippen LogP contribution is 2.17. The Bertz CT molecular complexity index is 1360. The molecular formula is C26H38Cl2N2O7. The van der Waals surface area contributed by atoms with Crippen LogP contribution in [-0.4, -0.2) is 61.5 Å². The number of nitrogens with two attached hydrogens (primary N) is 1. The van der Waals surface area contributed by atoms with Crippen molar-refractivity contribution in [3.8, 4) is 11.5 Å². The SMILES string of the molecule is CCOC(=O)Cl.Cl.[2H]C([2H])(N)C([2H])(O)C([2H])([2H])Oc1cc(C)cc(C)c1.[2H]C1([2H])NC(=O)OC1([2H])C([2H])([2H])Oc1cc(C)cc(C)c1. The monoisotopic (exact) mass is 570 g/mol. The van der Waals surface area contributed by atoms with Crippen molar-refractivity contribution in [2.24, 2.45) is 5.73 Å². The van der Waals surface area contributed by atoms with Crippen LogP contribution in [0.5, 0.6) is 11.5 Å². The van der Waals surface area contributed by atoms with E-state index in [1.807, 2.05) is 12.1 Å². The van der Waals surface area contributed by atoms with Crippen LogP contribution in [0.25, 0.3) is 0 Å². The number of benzene rings is 2. The zero-order valence-corrected chi connectivity index (χ0v) is 22.5. The highest BCUT2D eigenvalue weighted by molar-refractivity contribution is 6.61. The number of ether oxygens (including phenoxy) is 4. The molecule has 1 heterocycles. The lowest BCUT2D eigenvalue weighted by molar-refractivity contribution is 0.105. The van der Waals surface area contributed by atoms with Gasteiger partial charge >= 0.3 is 11.5 Å². The van der Waals surface area contributed by atoms with E-state index < -0.39 is 49.8 Å². The van der Waals surface area contributed by atoms with Crippen molar-refractivity contribution < 1.29 is 47.4 Å². The maximum absolute atomic E-state index is 11.2. The third-order valence-corrected chi connectivity index (χ3v) is 3.89. The summed E-state index contributed by atoms with van der Waals surface area (Å²) in [5, 5.41) is 11.4. The minimum atomic E-state index is -3.25. The number of alkyl carbamates (subject to hydrolysis) is 1. The number of halogens is 2. The first-order valence-electron chi connectivity index (χ1n) is 15.5. The first-order chi connectivity index (χ1) is 20.6. The first-order valence-corrected chi connectivity index (χ1v) is 10.9. The average molecular weight is 572 g/mol. The smallest absolute Gasteiger partial charge is 0.407 e. The Morgan fingerprint density at radius 2 is 1.68 bits per heavy atom. The van der Waals surface area contributed by atoms with Crippen LogP contribution in [0.15, 0.2) is 36.4 Å². The molecule has 2 aromatic rings. The summed E-state index contributed by atoms with van der Waals surface area (Å²) < 4.78 is 94.2. The van der Waals surface area contributed by atoms with Gasteiger partial charge in [-0.1, -0.05) is 12.1 Å². The zero-order chi connectivity index (χ0) is 36.1. The van der Waals surface area contributed by atoms with Crippen molar-refractivity contribution >= 4 is 35.5 Å². The molecule has 37 heavy (non-hydrogen) atoms. The fraction of sp³-hybridized carbons (Fsp3) is 0.462. The van der Waals surface area contributed by atoms with Crippen molar-refractivity contribution in [2.45, 2.75) is 46.8 Å². The van der Waals surface area contributed by atoms with Crippen LogP contribution in [0.3, 0.4) is 0 Å². The van der Waals surface area contributed by atoms with Crippen LogP contribution in [0.1, 0.15) is 42.9 Å². The largest absolute Gasteiger partial charge is 0.491 e. The summed E-state index contributed by atoms with van der Waals surface area (Å²) in [6.07, 6.45) is -7.32. The molecule has 2 unspecified atom stereocenters. The Morgan fingerprint density at radius 1 is 1.19 bits per heavy atom. The number of rotatable bonds is 8. The van der Waals surface area contributed by atoms with Gasteiger partial charge in [-0.15, -0.1) is 12.4 Å². The van der Waals surface area contributed by atoms with Gasteiger partial charge in [-0.25, -0.2) is 9.59 Å². The number of aryl methyl sites for hydroxylation is 4. The van der Waals surface area contributed by atoms with Crippen LogP contribution >= 0.6 is 24.0 Å². The van der Waals surface area contributed by atoms with Gasteiger partial charge in [-0.05, 0) is 81.1 Å². The van der Waals surface area contributed by atoms with Crippen molar-refractivity contribution in [2.75, 3.05) is 32.7 Å². The number of aliphatic hydroxyl groups is 1. The van der Waals surface area contributed by atoms with Crippen LogP contribution in [0, 0.1) is 27.7 Å². The molecule has 0 bridgehead atoms. The molecule has 1 amide bonds. The predicted octanol–water partition coefficient (Wildman–Crippen LogP) is 4.60. The lowest BCUT2D eigenvalue weighted by atomic mass is 10.1. The van der Waals surface area contributed by atoms with Crippen LogP contribution < -0.4 is 20.5 Å². The van der Waals surface area contributed by atoms with Crippen molar-refractivity contribution in [1.29, 1.82) is 0 Å². The molecule has 1 saturated heterocycles. The summed E-state index contributed by atoms with van der Waals surface area (Å²) in [7, 11) is 0. The molecular weight excluding hydrogens is 523 g/mol. The van der Waals surface area contributed by atoms with Crippen molar-refractivity contribution in [3.63, 3.8) is 0 Å². The molecule has 2 atom stereocenters. The molecule has 0 saturated carbocycles. The number of amides is 1. The maximum Gasteiger partial charge on any atom is 0.407 e. The molecule has 0 aliphatic carbocycles. The Labute approximate surface area is 244 Å². The third kappa shape index (κ3) is 15.9. The van der Waals surface area contributed by atoms with Gasteiger partial charge in [0, 0.05) is 20.8 Å². The second-order valence-corrected chi connectivity index (χ2v) is 7.50. The maximum atomic E-state index is 11.2. The molecule has 0 spiro atoms. The van der Waals surface area contributed by atoms with E-state index in [2.05, 4.69) is 9.47 Å². The number of hydrogen-bond acceptors (Lipinski definition) is 8. The quantitative estimate of drug-likeness (QED) is 0.393. The second-order valence-electron chi connectivity index (χ2n) is 7.19. The van der Waals surface area contributed by atoms with E-state index in [1.54, 1.807) is 52.1 Å². The molecule has 3 rings (SSSR count). The molecule has 9 nitrogen and oxygen atoms in total. The molecule has 0 radical (unpaired) electrons. The van der Waals surface area contributed by atoms with Gasteiger partial charge in [0.1, 0.15) is 30.7 Å². The van der Waals surface area contributed by atoms with E-state index in [9.17, 15) is 14.7 Å². The first kappa shape index (κ1) is 20.3. The van der Waals surface area contributed by atoms with E-state index >= 15 is 0 Å².